The molecule has 378 valence electrons. The van der Waals surface area contributed by atoms with Gasteiger partial charge in [-0.3, -0.25) is 5.32 Å². The van der Waals surface area contributed by atoms with E-state index in [2.05, 4.69) is 317 Å². The molecule has 2 aromatic heterocycles. The van der Waals surface area contributed by atoms with Gasteiger partial charge < -0.3 is 14.5 Å². The summed E-state index contributed by atoms with van der Waals surface area (Å²) in [6, 6.07) is 108. The first-order chi connectivity index (χ1) is 39.7. The largest absolute Gasteiger partial charge is 0.350 e. The van der Waals surface area contributed by atoms with Gasteiger partial charge in [0.2, 0.25) is 0 Å². The zero-order valence-electron chi connectivity index (χ0n) is 43.8. The van der Waals surface area contributed by atoms with Crippen molar-refractivity contribution in [2.75, 3.05) is 0 Å². The van der Waals surface area contributed by atoms with Gasteiger partial charge in [-0.15, -0.1) is 0 Å². The molecule has 1 aliphatic heterocycles. The lowest BCUT2D eigenvalue weighted by atomic mass is 9.95. The van der Waals surface area contributed by atoms with E-state index in [0.717, 1.165) is 89.4 Å². The molecule has 0 saturated carbocycles. The zero-order chi connectivity index (χ0) is 52.9. The van der Waals surface area contributed by atoms with Crippen molar-refractivity contribution in [3.8, 4) is 67.0 Å². The number of hydrogen-bond acceptors (Lipinski definition) is 3. The second-order valence-electron chi connectivity index (χ2n) is 20.7. The molecule has 5 heteroatoms. The van der Waals surface area contributed by atoms with Crippen LogP contribution >= 0.6 is 0 Å². The van der Waals surface area contributed by atoms with Gasteiger partial charge in [0.05, 0.1) is 27.8 Å². The highest BCUT2D eigenvalue weighted by Crippen LogP contribution is 2.46. The summed E-state index contributed by atoms with van der Waals surface area (Å²) in [4.78, 5) is 5.57. The molecule has 12 aromatic carbocycles. The van der Waals surface area contributed by atoms with Crippen LogP contribution in [0, 0.1) is 0 Å². The number of rotatable bonds is 10. The summed E-state index contributed by atoms with van der Waals surface area (Å²) in [6.45, 7) is 0. The summed E-state index contributed by atoms with van der Waals surface area (Å²) in [7, 11) is 0. The normalized spacial score (nSPS) is 14.4. The molecule has 2 unspecified atom stereocenters. The molecule has 0 bridgehead atoms. The standard InChI is InChI=1S/C75H53N5/c1-6-22-50(23-7-1)54-30-18-32-58(46-54)73-76-74(59-33-19-31-55(47-59)51-24-8-2-9-25-51)78-75(77-73)65-45-43-57(53-28-12-4-13-29-53)49-70(65)80-68-41-21-38-62(72(68)64-44-42-56(48-69(64)80)52-26-10-3-11-27-52)61-37-20-40-67-71(61)63-36-16-17-39-66(63)79(67)60-34-14-5-15-35-60/h1-49,73,75,77H,(H,76,78). The Kier molecular flexibility index (Phi) is 11.7. The van der Waals surface area contributed by atoms with E-state index >= 15 is 0 Å². The van der Waals surface area contributed by atoms with Crippen molar-refractivity contribution < 1.29 is 0 Å². The van der Waals surface area contributed by atoms with Crippen LogP contribution in [0.1, 0.15) is 29.0 Å². The summed E-state index contributed by atoms with van der Waals surface area (Å²) in [5, 5.41) is 12.9. The third-order valence-electron chi connectivity index (χ3n) is 16.0. The maximum Gasteiger partial charge on any atom is 0.131 e. The van der Waals surface area contributed by atoms with Gasteiger partial charge in [-0.05, 0) is 116 Å². The molecule has 0 aliphatic carbocycles. The molecule has 0 radical (unpaired) electrons. The first-order valence-electron chi connectivity index (χ1n) is 27.5. The molecule has 2 atom stereocenters. The van der Waals surface area contributed by atoms with E-state index in [4.69, 9.17) is 4.99 Å². The maximum absolute atomic E-state index is 5.57. The van der Waals surface area contributed by atoms with Gasteiger partial charge in [0.1, 0.15) is 18.2 Å². The summed E-state index contributed by atoms with van der Waals surface area (Å²) >= 11 is 0. The summed E-state index contributed by atoms with van der Waals surface area (Å²) in [5.41, 5.74) is 21.5. The van der Waals surface area contributed by atoms with Crippen molar-refractivity contribution in [2.45, 2.75) is 12.3 Å². The van der Waals surface area contributed by atoms with Crippen molar-refractivity contribution in [2.24, 2.45) is 4.99 Å². The minimum atomic E-state index is -0.394. The Labute approximate surface area is 465 Å². The highest BCUT2D eigenvalue weighted by atomic mass is 15.3. The lowest BCUT2D eigenvalue weighted by Crippen LogP contribution is -2.45. The van der Waals surface area contributed by atoms with Gasteiger partial charge in [0.25, 0.3) is 0 Å². The molecule has 0 saturated heterocycles. The number of aromatic nitrogens is 2. The average Bonchev–Trinajstić information content (AvgIpc) is 4.29. The number of para-hydroxylation sites is 2. The third-order valence-corrected chi connectivity index (χ3v) is 16.0. The number of amidine groups is 1. The molecular weight excluding hydrogens is 971 g/mol. The molecule has 3 heterocycles. The van der Waals surface area contributed by atoms with Crippen molar-refractivity contribution in [3.63, 3.8) is 0 Å². The first kappa shape index (κ1) is 46.9. The van der Waals surface area contributed by atoms with Crippen LogP contribution in [0.2, 0.25) is 0 Å². The first-order valence-corrected chi connectivity index (χ1v) is 27.5. The Morgan fingerprint density at radius 2 is 0.775 bits per heavy atom. The maximum atomic E-state index is 5.57. The van der Waals surface area contributed by atoms with E-state index in [1.165, 1.54) is 43.7 Å². The number of nitrogens with one attached hydrogen (secondary N) is 2. The molecule has 1 aliphatic rings. The molecule has 5 nitrogen and oxygen atoms in total. The van der Waals surface area contributed by atoms with Crippen molar-refractivity contribution in [1.82, 2.24) is 19.8 Å². The van der Waals surface area contributed by atoms with Gasteiger partial charge in [-0.2, -0.15) is 0 Å². The second kappa shape index (κ2) is 19.9. The fourth-order valence-electron chi connectivity index (χ4n) is 12.3. The van der Waals surface area contributed by atoms with Gasteiger partial charge in [0.15, 0.2) is 0 Å². The van der Waals surface area contributed by atoms with Gasteiger partial charge >= 0.3 is 0 Å². The van der Waals surface area contributed by atoms with Crippen LogP contribution in [0.15, 0.2) is 302 Å². The van der Waals surface area contributed by atoms with Crippen molar-refractivity contribution in [3.05, 3.63) is 314 Å². The van der Waals surface area contributed by atoms with Crippen LogP contribution in [0.25, 0.3) is 111 Å². The van der Waals surface area contributed by atoms with Gasteiger partial charge in [-0.25, -0.2) is 4.99 Å². The SMILES string of the molecule is c1ccc(-c2cccc(C3=NC(c4cccc(-c5ccccc5)c4)NC(c4ccc(-c5ccccc5)cc4-n4c5cc(-c6ccccc6)ccc5c5c(-c6cccc7c6c6ccccc6n7-c6ccccc6)cccc54)N3)c2)cc1. The topological polar surface area (TPSA) is 46.3 Å². The highest BCUT2D eigenvalue weighted by Gasteiger charge is 2.30. The fourth-order valence-corrected chi connectivity index (χ4v) is 12.3. The van der Waals surface area contributed by atoms with Gasteiger partial charge in [-0.1, -0.05) is 243 Å². The van der Waals surface area contributed by atoms with Crippen LogP contribution in [-0.4, -0.2) is 15.0 Å². The molecular formula is C75H53N5. The quantitative estimate of drug-likeness (QED) is 0.143. The number of benzene rings is 12. The van der Waals surface area contributed by atoms with Gasteiger partial charge in [0, 0.05) is 38.4 Å². The van der Waals surface area contributed by atoms with E-state index in [1.54, 1.807) is 0 Å². The fraction of sp³-hybridized carbons (Fsp3) is 0.0267. The second-order valence-corrected chi connectivity index (χ2v) is 20.7. The molecule has 14 aromatic rings. The van der Waals surface area contributed by atoms with E-state index < -0.39 is 6.17 Å². The number of fused-ring (bicyclic) bond motifs is 6. The third kappa shape index (κ3) is 8.27. The minimum Gasteiger partial charge on any atom is -0.350 e. The molecule has 0 fully saturated rings. The Balaban J connectivity index is 0.980. The molecule has 0 amide bonds. The molecule has 0 spiro atoms. The Bertz CT molecular complexity index is 4640. The average molecular weight is 1020 g/mol. The Morgan fingerprint density at radius 1 is 0.312 bits per heavy atom. The smallest absolute Gasteiger partial charge is 0.131 e. The minimum absolute atomic E-state index is 0.390. The highest BCUT2D eigenvalue weighted by molar-refractivity contribution is 6.22. The van der Waals surface area contributed by atoms with E-state index in [0.29, 0.717) is 0 Å². The van der Waals surface area contributed by atoms with Crippen LogP contribution in [-0.2, 0) is 0 Å². The van der Waals surface area contributed by atoms with E-state index in [1.807, 2.05) is 0 Å². The van der Waals surface area contributed by atoms with Crippen LogP contribution < -0.4 is 10.6 Å². The van der Waals surface area contributed by atoms with Crippen LogP contribution in [0.4, 0.5) is 0 Å². The van der Waals surface area contributed by atoms with Crippen LogP contribution in [0.3, 0.4) is 0 Å². The predicted molar refractivity (Wildman–Crippen MR) is 333 cm³/mol. The zero-order valence-corrected chi connectivity index (χ0v) is 43.8. The number of aliphatic imine (C=N–C) groups is 1. The molecule has 80 heavy (non-hydrogen) atoms. The summed E-state index contributed by atoms with van der Waals surface area (Å²) < 4.78 is 4.95. The number of nitrogens with zero attached hydrogens (tertiary/aromatic N) is 3. The van der Waals surface area contributed by atoms with Crippen LogP contribution in [0.5, 0.6) is 0 Å². The Hall–Kier alpha value is -10.3. The Morgan fingerprint density at radius 3 is 1.41 bits per heavy atom. The van der Waals surface area contributed by atoms with E-state index in [-0.39, 0.29) is 6.17 Å². The summed E-state index contributed by atoms with van der Waals surface area (Å²) in [6.07, 6.45) is -0.783. The number of hydrogen-bond donors (Lipinski definition) is 2. The molecule has 15 rings (SSSR count). The molecule has 2 N–H and O–H groups in total. The van der Waals surface area contributed by atoms with Crippen molar-refractivity contribution >= 4 is 49.4 Å². The lowest BCUT2D eigenvalue weighted by Gasteiger charge is -2.34. The van der Waals surface area contributed by atoms with E-state index in [9.17, 15) is 0 Å². The summed E-state index contributed by atoms with van der Waals surface area (Å²) in [5.74, 6) is 0.818. The lowest BCUT2D eigenvalue weighted by molar-refractivity contribution is 0.408. The van der Waals surface area contributed by atoms with Crippen molar-refractivity contribution in [1.29, 1.82) is 0 Å². The monoisotopic (exact) mass is 1020 g/mol. The predicted octanol–water partition coefficient (Wildman–Crippen LogP) is 18.6.